The quantitative estimate of drug-likeness (QED) is 0.722. The Morgan fingerprint density at radius 1 is 1.32 bits per heavy atom. The molecule has 0 radical (unpaired) electrons. The summed E-state index contributed by atoms with van der Waals surface area (Å²) in [6.07, 6.45) is -0.818. The largest absolute Gasteiger partial charge is 0.475 e. The second-order valence-corrected chi connectivity index (χ2v) is 6.41. The van der Waals surface area contributed by atoms with E-state index >= 15 is 0 Å². The number of ether oxygens (including phenoxy) is 3. The highest BCUT2D eigenvalue weighted by molar-refractivity contribution is 5.95. The highest BCUT2D eigenvalue weighted by Crippen LogP contribution is 2.34. The summed E-state index contributed by atoms with van der Waals surface area (Å²) in [4.78, 5) is 38.3. The maximum absolute atomic E-state index is 12.4. The number of anilines is 1. The number of fused-ring (bicyclic) bond motifs is 1. The lowest BCUT2D eigenvalue weighted by Crippen LogP contribution is -2.53. The Kier molecular flexibility index (Phi) is 5.72. The van der Waals surface area contributed by atoms with Crippen molar-refractivity contribution in [3.05, 3.63) is 35.5 Å². The van der Waals surface area contributed by atoms with Gasteiger partial charge in [-0.1, -0.05) is 12.1 Å². The fraction of sp³-hybridized carbons (Fsp3) is 0.421. The number of hydrogen-bond acceptors (Lipinski definition) is 7. The van der Waals surface area contributed by atoms with E-state index in [4.69, 9.17) is 14.2 Å². The van der Waals surface area contributed by atoms with Gasteiger partial charge in [-0.2, -0.15) is 0 Å². The lowest BCUT2D eigenvalue weighted by molar-refractivity contribution is -0.148. The number of para-hydroxylation sites is 2. The van der Waals surface area contributed by atoms with Gasteiger partial charge in [0, 0.05) is 0 Å². The number of carbonyl (C=O) groups is 3. The Bertz CT molecular complexity index is 822. The van der Waals surface area contributed by atoms with Gasteiger partial charge in [0.05, 0.1) is 49.8 Å². The molecule has 0 fully saturated rings. The van der Waals surface area contributed by atoms with E-state index in [9.17, 15) is 14.4 Å². The first-order chi connectivity index (χ1) is 13.4. The number of carbonyl (C=O) groups excluding carboxylic acids is 3. The number of methoxy groups -OCH3 is 1. The molecule has 2 heterocycles. The van der Waals surface area contributed by atoms with E-state index in [1.807, 2.05) is 17.0 Å². The molecule has 0 saturated heterocycles. The monoisotopic (exact) mass is 389 g/mol. The van der Waals surface area contributed by atoms with E-state index in [0.717, 1.165) is 5.69 Å². The molecule has 9 heteroatoms. The van der Waals surface area contributed by atoms with Crippen molar-refractivity contribution in [3.63, 3.8) is 0 Å². The normalized spacial score (nSPS) is 21.1. The van der Waals surface area contributed by atoms with E-state index < -0.39 is 30.1 Å². The van der Waals surface area contributed by atoms with E-state index in [1.54, 1.807) is 26.0 Å². The number of nitrogens with one attached hydrogen (secondary N) is 2. The molecule has 28 heavy (non-hydrogen) atoms. The van der Waals surface area contributed by atoms with Gasteiger partial charge in [-0.25, -0.2) is 14.4 Å². The molecule has 1 aromatic rings. The molecule has 0 spiro atoms. The van der Waals surface area contributed by atoms with Gasteiger partial charge in [-0.3, -0.25) is 0 Å². The molecular weight excluding hydrogens is 366 g/mol. The van der Waals surface area contributed by atoms with Crippen molar-refractivity contribution in [2.24, 2.45) is 0 Å². The van der Waals surface area contributed by atoms with Crippen molar-refractivity contribution in [1.29, 1.82) is 0 Å². The molecule has 1 aromatic carbocycles. The predicted molar refractivity (Wildman–Crippen MR) is 99.9 cm³/mol. The molecule has 2 amide bonds. The van der Waals surface area contributed by atoms with Gasteiger partial charge in [0.25, 0.3) is 0 Å². The van der Waals surface area contributed by atoms with Crippen LogP contribution in [0.3, 0.4) is 0 Å². The van der Waals surface area contributed by atoms with Crippen LogP contribution < -0.4 is 20.3 Å². The number of nitrogens with zero attached hydrogens (tertiary/aromatic N) is 1. The summed E-state index contributed by atoms with van der Waals surface area (Å²) >= 11 is 0. The minimum Gasteiger partial charge on any atom is -0.475 e. The second kappa shape index (κ2) is 8.20. The SMILES string of the molecule is CCOC(=O)C1=C(CN2C[C@@H](C(=O)OC)Oc3ccccc32)NC(=O)N[C@@H]1C. The van der Waals surface area contributed by atoms with Gasteiger partial charge in [0.1, 0.15) is 5.75 Å². The van der Waals surface area contributed by atoms with Crippen LogP contribution in [0.5, 0.6) is 5.75 Å². The zero-order valence-corrected chi connectivity index (χ0v) is 16.0. The Balaban J connectivity index is 1.96. The first kappa shape index (κ1) is 19.5. The average Bonchev–Trinajstić information content (AvgIpc) is 2.66. The molecule has 0 aliphatic carbocycles. The van der Waals surface area contributed by atoms with E-state index in [1.165, 1.54) is 7.11 Å². The molecule has 0 saturated carbocycles. The minimum atomic E-state index is -0.818. The van der Waals surface area contributed by atoms with Crippen LogP contribution in [0.4, 0.5) is 10.5 Å². The fourth-order valence-corrected chi connectivity index (χ4v) is 3.31. The third-order valence-electron chi connectivity index (χ3n) is 4.54. The lowest BCUT2D eigenvalue weighted by Gasteiger charge is -2.37. The van der Waals surface area contributed by atoms with Crippen LogP contribution in [0.2, 0.25) is 0 Å². The number of rotatable bonds is 5. The van der Waals surface area contributed by atoms with Crippen molar-refractivity contribution in [2.45, 2.75) is 26.0 Å². The molecule has 0 unspecified atom stereocenters. The molecular formula is C19H23N3O6. The van der Waals surface area contributed by atoms with Crippen LogP contribution in [0.15, 0.2) is 35.5 Å². The third kappa shape index (κ3) is 3.88. The van der Waals surface area contributed by atoms with Gasteiger partial charge in [-0.05, 0) is 26.0 Å². The van der Waals surface area contributed by atoms with Crippen molar-refractivity contribution in [2.75, 3.05) is 31.7 Å². The summed E-state index contributed by atoms with van der Waals surface area (Å²) in [6.45, 7) is 4.06. The standard InChI is InChI=1S/C19H23N3O6/c1-4-27-18(24)16-11(2)20-19(25)21-12(16)9-22-10-15(17(23)26-3)28-14-8-6-5-7-13(14)22/h5-8,11,15H,4,9-10H2,1-3H3,(H2,20,21,25)/t11-,15+/m1/s1. The van der Waals surface area contributed by atoms with Crippen molar-refractivity contribution in [1.82, 2.24) is 10.6 Å². The average molecular weight is 389 g/mol. The molecule has 2 aliphatic heterocycles. The maximum Gasteiger partial charge on any atom is 0.348 e. The predicted octanol–water partition coefficient (Wildman–Crippen LogP) is 0.945. The summed E-state index contributed by atoms with van der Waals surface area (Å²) in [5, 5.41) is 5.37. The Labute approximate surface area is 162 Å². The molecule has 150 valence electrons. The summed E-state index contributed by atoms with van der Waals surface area (Å²) in [5.41, 5.74) is 1.52. The number of amides is 2. The first-order valence-electron chi connectivity index (χ1n) is 9.00. The highest BCUT2D eigenvalue weighted by atomic mass is 16.6. The molecule has 0 bridgehead atoms. The van der Waals surface area contributed by atoms with Crippen LogP contribution in [0, 0.1) is 0 Å². The highest BCUT2D eigenvalue weighted by Gasteiger charge is 2.35. The van der Waals surface area contributed by atoms with Gasteiger partial charge >= 0.3 is 18.0 Å². The number of urea groups is 1. The van der Waals surface area contributed by atoms with Crippen molar-refractivity contribution >= 4 is 23.7 Å². The van der Waals surface area contributed by atoms with Crippen molar-refractivity contribution in [3.8, 4) is 5.75 Å². The zero-order chi connectivity index (χ0) is 20.3. The van der Waals surface area contributed by atoms with Gasteiger partial charge < -0.3 is 29.7 Å². The summed E-state index contributed by atoms with van der Waals surface area (Å²) in [5.74, 6) is -0.471. The van der Waals surface area contributed by atoms with Crippen LogP contribution in [-0.2, 0) is 19.1 Å². The Hall–Kier alpha value is -3.23. The lowest BCUT2D eigenvalue weighted by atomic mass is 10.0. The maximum atomic E-state index is 12.4. The zero-order valence-electron chi connectivity index (χ0n) is 16.0. The molecule has 9 nitrogen and oxygen atoms in total. The number of esters is 2. The van der Waals surface area contributed by atoms with Crippen LogP contribution >= 0.6 is 0 Å². The van der Waals surface area contributed by atoms with Gasteiger partial charge in [-0.15, -0.1) is 0 Å². The fourth-order valence-electron chi connectivity index (χ4n) is 3.31. The minimum absolute atomic E-state index is 0.194. The molecule has 2 N–H and O–H groups in total. The number of hydrogen-bond donors (Lipinski definition) is 2. The van der Waals surface area contributed by atoms with E-state index in [-0.39, 0.29) is 19.7 Å². The summed E-state index contributed by atoms with van der Waals surface area (Å²) < 4.78 is 15.7. The molecule has 0 aromatic heterocycles. The van der Waals surface area contributed by atoms with Crippen LogP contribution in [0.25, 0.3) is 0 Å². The van der Waals surface area contributed by atoms with Crippen LogP contribution in [0.1, 0.15) is 13.8 Å². The first-order valence-corrected chi connectivity index (χ1v) is 9.00. The molecule has 3 rings (SSSR count). The summed E-state index contributed by atoms with van der Waals surface area (Å²) in [7, 11) is 1.30. The summed E-state index contributed by atoms with van der Waals surface area (Å²) in [6, 6.07) is 6.34. The van der Waals surface area contributed by atoms with E-state index in [0.29, 0.717) is 17.0 Å². The second-order valence-electron chi connectivity index (χ2n) is 6.41. The van der Waals surface area contributed by atoms with Crippen LogP contribution in [-0.4, -0.2) is 56.9 Å². The smallest absolute Gasteiger partial charge is 0.348 e. The van der Waals surface area contributed by atoms with Crippen molar-refractivity contribution < 1.29 is 28.6 Å². The topological polar surface area (TPSA) is 106 Å². The third-order valence-corrected chi connectivity index (χ3v) is 4.54. The Morgan fingerprint density at radius 3 is 2.79 bits per heavy atom. The Morgan fingerprint density at radius 2 is 2.07 bits per heavy atom. The number of benzene rings is 1. The van der Waals surface area contributed by atoms with E-state index in [2.05, 4.69) is 10.6 Å². The van der Waals surface area contributed by atoms with Gasteiger partial charge in [0.15, 0.2) is 0 Å². The molecule has 2 aliphatic rings. The molecule has 2 atom stereocenters. The van der Waals surface area contributed by atoms with Gasteiger partial charge in [0.2, 0.25) is 6.10 Å².